The average Bonchev–Trinajstić information content (AvgIpc) is 2.67. The van der Waals surface area contributed by atoms with Gasteiger partial charge in [-0.1, -0.05) is 73.8 Å². The van der Waals surface area contributed by atoms with Gasteiger partial charge in [-0.15, -0.1) is 0 Å². The van der Waals surface area contributed by atoms with E-state index in [2.05, 4.69) is 61.7 Å². The Morgan fingerprint density at radius 1 is 0.600 bits per heavy atom. The van der Waals surface area contributed by atoms with E-state index in [0.717, 1.165) is 38.9 Å². The number of unbranched alkanes of at least 4 members (excludes halogenated alkanes) is 2. The highest BCUT2D eigenvalue weighted by Gasteiger charge is 1.96. The molecule has 2 rings (SSSR count). The van der Waals surface area contributed by atoms with Gasteiger partial charge in [-0.3, -0.25) is 0 Å². The van der Waals surface area contributed by atoms with Crippen LogP contribution < -0.4 is 0 Å². The number of aryl methyl sites for hydroxylation is 2. The van der Waals surface area contributed by atoms with Gasteiger partial charge in [0.25, 0.3) is 0 Å². The van der Waals surface area contributed by atoms with E-state index in [-0.39, 0.29) is 0 Å². The van der Waals surface area contributed by atoms with E-state index in [9.17, 15) is 0 Å². The Labute approximate surface area is 153 Å². The Balaban J connectivity index is 1.46. The van der Waals surface area contributed by atoms with E-state index in [1.165, 1.54) is 35.1 Å². The molecule has 0 aromatic heterocycles. The Kier molecular flexibility index (Phi) is 8.79. The molecule has 0 bridgehead atoms. The van der Waals surface area contributed by atoms with Crippen molar-refractivity contribution in [2.45, 2.75) is 38.5 Å². The molecule has 2 aromatic carbocycles. The van der Waals surface area contributed by atoms with Crippen LogP contribution in [0.25, 0.3) is 12.2 Å². The first kappa shape index (κ1) is 19.2. The maximum Gasteiger partial charge on any atom is 0.0466 e. The zero-order valence-electron chi connectivity index (χ0n) is 15.3. The van der Waals surface area contributed by atoms with Crippen molar-refractivity contribution >= 4 is 12.2 Å². The molecule has 25 heavy (non-hydrogen) atoms. The number of rotatable bonds is 12. The van der Waals surface area contributed by atoms with Crippen molar-refractivity contribution in [3.63, 3.8) is 0 Å². The molecule has 0 atom stereocenters. The SMILES string of the molecule is C=Cc1ccc(CCCCOCCCCc2ccc(C=C)cc2)cc1. The fourth-order valence-electron chi connectivity index (χ4n) is 2.81. The van der Waals surface area contributed by atoms with Crippen molar-refractivity contribution in [2.24, 2.45) is 0 Å². The van der Waals surface area contributed by atoms with Crippen LogP contribution in [0.1, 0.15) is 47.9 Å². The summed E-state index contributed by atoms with van der Waals surface area (Å²) in [5.41, 5.74) is 5.16. The molecule has 1 nitrogen and oxygen atoms in total. The number of hydrogen-bond acceptors (Lipinski definition) is 1. The van der Waals surface area contributed by atoms with Crippen molar-refractivity contribution in [3.8, 4) is 0 Å². The molecule has 0 fully saturated rings. The normalized spacial score (nSPS) is 10.6. The molecular weight excluding hydrogens is 304 g/mol. The lowest BCUT2D eigenvalue weighted by Crippen LogP contribution is -1.99. The molecule has 0 N–H and O–H groups in total. The van der Waals surface area contributed by atoms with E-state index in [1.807, 2.05) is 12.2 Å². The van der Waals surface area contributed by atoms with Crippen molar-refractivity contribution in [3.05, 3.63) is 83.9 Å². The monoisotopic (exact) mass is 334 g/mol. The number of hydrogen-bond donors (Lipinski definition) is 0. The van der Waals surface area contributed by atoms with Crippen LogP contribution in [0.2, 0.25) is 0 Å². The summed E-state index contributed by atoms with van der Waals surface area (Å²) in [5, 5.41) is 0. The first-order valence-corrected chi connectivity index (χ1v) is 9.32. The highest BCUT2D eigenvalue weighted by molar-refractivity contribution is 5.47. The number of benzene rings is 2. The molecule has 0 saturated carbocycles. The fraction of sp³-hybridized carbons (Fsp3) is 0.333. The minimum absolute atomic E-state index is 0.874. The van der Waals surface area contributed by atoms with E-state index >= 15 is 0 Å². The van der Waals surface area contributed by atoms with Crippen molar-refractivity contribution in [2.75, 3.05) is 13.2 Å². The second kappa shape index (κ2) is 11.4. The fourth-order valence-corrected chi connectivity index (χ4v) is 2.81. The Morgan fingerprint density at radius 2 is 1.00 bits per heavy atom. The van der Waals surface area contributed by atoms with Crippen molar-refractivity contribution < 1.29 is 4.74 Å². The second-order valence-electron chi connectivity index (χ2n) is 6.42. The summed E-state index contributed by atoms with van der Waals surface area (Å²) in [6, 6.07) is 17.3. The van der Waals surface area contributed by atoms with Crippen molar-refractivity contribution in [1.82, 2.24) is 0 Å². The first-order valence-electron chi connectivity index (χ1n) is 9.32. The summed E-state index contributed by atoms with van der Waals surface area (Å²) in [6.07, 6.45) is 10.6. The largest absolute Gasteiger partial charge is 0.381 e. The Morgan fingerprint density at radius 3 is 1.36 bits per heavy atom. The molecule has 1 heteroatoms. The van der Waals surface area contributed by atoms with Crippen molar-refractivity contribution in [1.29, 1.82) is 0 Å². The van der Waals surface area contributed by atoms with E-state index in [4.69, 9.17) is 4.74 Å². The van der Waals surface area contributed by atoms with Gasteiger partial charge in [-0.05, 0) is 60.8 Å². The van der Waals surface area contributed by atoms with Gasteiger partial charge in [-0.25, -0.2) is 0 Å². The van der Waals surface area contributed by atoms with E-state index in [1.54, 1.807) is 0 Å². The minimum Gasteiger partial charge on any atom is -0.381 e. The summed E-state index contributed by atoms with van der Waals surface area (Å²) in [6.45, 7) is 9.31. The molecule has 0 aliphatic carbocycles. The average molecular weight is 335 g/mol. The van der Waals surface area contributed by atoms with Gasteiger partial charge >= 0.3 is 0 Å². The van der Waals surface area contributed by atoms with Gasteiger partial charge in [0, 0.05) is 13.2 Å². The molecule has 2 aromatic rings. The lowest BCUT2D eigenvalue weighted by molar-refractivity contribution is 0.127. The molecule has 0 aliphatic rings. The van der Waals surface area contributed by atoms with Crippen LogP contribution in [0.3, 0.4) is 0 Å². The highest BCUT2D eigenvalue weighted by Crippen LogP contribution is 2.10. The minimum atomic E-state index is 0.874. The molecule has 132 valence electrons. The summed E-state index contributed by atoms with van der Waals surface area (Å²) < 4.78 is 5.76. The molecule has 0 radical (unpaired) electrons. The standard InChI is InChI=1S/C24H30O/c1-3-21-11-15-23(16-12-21)9-5-7-19-25-20-8-6-10-24-17-13-22(4-2)14-18-24/h3-4,11-18H,1-2,5-10,19-20H2. The maximum atomic E-state index is 5.76. The molecular formula is C24H30O. The van der Waals surface area contributed by atoms with Crippen LogP contribution in [-0.2, 0) is 17.6 Å². The third-order valence-corrected chi connectivity index (χ3v) is 4.44. The molecule has 0 aliphatic heterocycles. The smallest absolute Gasteiger partial charge is 0.0466 e. The lowest BCUT2D eigenvalue weighted by Gasteiger charge is -2.06. The maximum absolute atomic E-state index is 5.76. The lowest BCUT2D eigenvalue weighted by atomic mass is 10.1. The Bertz CT molecular complexity index is 565. The molecule has 0 amide bonds. The van der Waals surface area contributed by atoms with E-state index in [0.29, 0.717) is 0 Å². The van der Waals surface area contributed by atoms with Gasteiger partial charge in [0.15, 0.2) is 0 Å². The highest BCUT2D eigenvalue weighted by atomic mass is 16.5. The molecule has 0 spiro atoms. The first-order chi connectivity index (χ1) is 12.3. The van der Waals surface area contributed by atoms with Crippen LogP contribution in [-0.4, -0.2) is 13.2 Å². The van der Waals surface area contributed by atoms with Crippen LogP contribution in [0.15, 0.2) is 61.7 Å². The third kappa shape index (κ3) is 7.53. The van der Waals surface area contributed by atoms with Crippen LogP contribution in [0.4, 0.5) is 0 Å². The van der Waals surface area contributed by atoms with Gasteiger partial charge in [-0.2, -0.15) is 0 Å². The second-order valence-corrected chi connectivity index (χ2v) is 6.42. The zero-order chi connectivity index (χ0) is 17.7. The Hall–Kier alpha value is -2.12. The molecule has 0 saturated heterocycles. The third-order valence-electron chi connectivity index (χ3n) is 4.44. The van der Waals surface area contributed by atoms with Crippen LogP contribution >= 0.6 is 0 Å². The summed E-state index contributed by atoms with van der Waals surface area (Å²) in [7, 11) is 0. The van der Waals surface area contributed by atoms with Gasteiger partial charge in [0.2, 0.25) is 0 Å². The summed E-state index contributed by atoms with van der Waals surface area (Å²) in [5.74, 6) is 0. The summed E-state index contributed by atoms with van der Waals surface area (Å²) in [4.78, 5) is 0. The zero-order valence-corrected chi connectivity index (χ0v) is 15.3. The van der Waals surface area contributed by atoms with E-state index < -0.39 is 0 Å². The summed E-state index contributed by atoms with van der Waals surface area (Å²) >= 11 is 0. The number of ether oxygens (including phenoxy) is 1. The molecule has 0 unspecified atom stereocenters. The predicted molar refractivity (Wildman–Crippen MR) is 110 cm³/mol. The van der Waals surface area contributed by atoms with Gasteiger partial charge < -0.3 is 4.74 Å². The molecule has 0 heterocycles. The van der Waals surface area contributed by atoms with Gasteiger partial charge in [0.1, 0.15) is 0 Å². The van der Waals surface area contributed by atoms with Gasteiger partial charge in [0.05, 0.1) is 0 Å². The van der Waals surface area contributed by atoms with Crippen LogP contribution in [0.5, 0.6) is 0 Å². The predicted octanol–water partition coefficient (Wildman–Crippen LogP) is 6.33. The van der Waals surface area contributed by atoms with Crippen LogP contribution in [0, 0.1) is 0 Å². The quantitative estimate of drug-likeness (QED) is 0.412. The topological polar surface area (TPSA) is 9.23 Å².